The Kier molecular flexibility index (Phi) is 3.99. The second-order valence-corrected chi connectivity index (χ2v) is 4.74. The van der Waals surface area contributed by atoms with Crippen molar-refractivity contribution < 1.29 is 4.39 Å². The topological polar surface area (TPSA) is 39.9 Å². The summed E-state index contributed by atoms with van der Waals surface area (Å²) >= 11 is 0. The monoisotopic (exact) mass is 269 g/mol. The van der Waals surface area contributed by atoms with E-state index in [-0.39, 0.29) is 11.9 Å². The maximum Gasteiger partial charge on any atom is 0.147 e. The van der Waals surface area contributed by atoms with Gasteiger partial charge in [-0.15, -0.1) is 0 Å². The normalized spacial score (nSPS) is 11.8. The second-order valence-electron chi connectivity index (χ2n) is 4.74. The van der Waals surface area contributed by atoms with E-state index in [1.165, 1.54) is 6.07 Å². The number of hydrogen-bond donors (Lipinski definition) is 0. The molecule has 0 N–H and O–H groups in total. The number of pyridine rings is 1. The molecule has 0 aliphatic heterocycles. The highest BCUT2D eigenvalue weighted by Gasteiger charge is 2.19. The highest BCUT2D eigenvalue weighted by molar-refractivity contribution is 5.55. The molecular formula is C16H16FN3. The summed E-state index contributed by atoms with van der Waals surface area (Å²) in [5, 5.41) is 9.17. The Morgan fingerprint density at radius 3 is 2.60 bits per heavy atom. The molecule has 0 saturated carbocycles. The van der Waals surface area contributed by atoms with Crippen LogP contribution >= 0.6 is 0 Å². The Labute approximate surface area is 118 Å². The molecule has 0 saturated heterocycles. The highest BCUT2D eigenvalue weighted by Crippen LogP contribution is 2.27. The summed E-state index contributed by atoms with van der Waals surface area (Å²) < 4.78 is 13.9. The van der Waals surface area contributed by atoms with E-state index in [9.17, 15) is 9.65 Å². The molecule has 20 heavy (non-hydrogen) atoms. The minimum Gasteiger partial charge on any atom is -0.352 e. The second kappa shape index (κ2) is 5.70. The van der Waals surface area contributed by atoms with E-state index in [2.05, 4.69) is 11.1 Å². The van der Waals surface area contributed by atoms with Crippen LogP contribution in [0.25, 0.3) is 0 Å². The zero-order chi connectivity index (χ0) is 14.7. The molecule has 1 heterocycles. The van der Waals surface area contributed by atoms with E-state index >= 15 is 0 Å². The van der Waals surface area contributed by atoms with Gasteiger partial charge in [-0.3, -0.25) is 0 Å². The first-order valence-electron chi connectivity index (χ1n) is 6.39. The van der Waals surface area contributed by atoms with Crippen LogP contribution in [0.3, 0.4) is 0 Å². The smallest absolute Gasteiger partial charge is 0.147 e. The summed E-state index contributed by atoms with van der Waals surface area (Å²) in [7, 11) is 1.82. The van der Waals surface area contributed by atoms with E-state index in [1.807, 2.05) is 25.8 Å². The minimum absolute atomic E-state index is 0.211. The van der Waals surface area contributed by atoms with Gasteiger partial charge in [-0.2, -0.15) is 5.26 Å². The molecule has 1 aromatic carbocycles. The summed E-state index contributed by atoms with van der Waals surface area (Å²) in [6.07, 6.45) is 0. The lowest BCUT2D eigenvalue weighted by molar-refractivity contribution is 0.584. The number of rotatable bonds is 3. The van der Waals surface area contributed by atoms with E-state index in [0.717, 1.165) is 5.69 Å². The van der Waals surface area contributed by atoms with Crippen molar-refractivity contribution >= 4 is 5.82 Å². The fourth-order valence-corrected chi connectivity index (χ4v) is 2.11. The first-order chi connectivity index (χ1) is 9.54. The van der Waals surface area contributed by atoms with Crippen molar-refractivity contribution in [1.29, 1.82) is 5.26 Å². The number of nitrogens with zero attached hydrogens (tertiary/aromatic N) is 3. The van der Waals surface area contributed by atoms with Crippen molar-refractivity contribution in [3.05, 3.63) is 59.0 Å². The van der Waals surface area contributed by atoms with Gasteiger partial charge in [-0.1, -0.05) is 18.2 Å². The van der Waals surface area contributed by atoms with Crippen LogP contribution in [0.15, 0.2) is 36.4 Å². The number of hydrogen-bond acceptors (Lipinski definition) is 3. The van der Waals surface area contributed by atoms with Gasteiger partial charge in [0.25, 0.3) is 0 Å². The Bertz CT molecular complexity index is 661. The van der Waals surface area contributed by atoms with Gasteiger partial charge in [-0.25, -0.2) is 9.37 Å². The third-order valence-corrected chi connectivity index (χ3v) is 3.41. The van der Waals surface area contributed by atoms with Gasteiger partial charge in [0.2, 0.25) is 0 Å². The summed E-state index contributed by atoms with van der Waals surface area (Å²) in [6, 6.07) is 12.1. The van der Waals surface area contributed by atoms with Crippen molar-refractivity contribution in [3.63, 3.8) is 0 Å². The third kappa shape index (κ3) is 2.62. The fourth-order valence-electron chi connectivity index (χ4n) is 2.11. The van der Waals surface area contributed by atoms with Crippen molar-refractivity contribution in [3.8, 4) is 6.07 Å². The molecule has 0 bridgehead atoms. The highest BCUT2D eigenvalue weighted by atomic mass is 19.1. The SMILES string of the molecule is Cc1ccc(C#N)c(N(C)C(C)c2ccccc2F)n1. The first kappa shape index (κ1) is 14.0. The minimum atomic E-state index is -0.252. The van der Waals surface area contributed by atoms with Gasteiger partial charge in [-0.05, 0) is 32.0 Å². The quantitative estimate of drug-likeness (QED) is 0.854. The third-order valence-electron chi connectivity index (χ3n) is 3.41. The number of anilines is 1. The standard InChI is InChI=1S/C16H16FN3/c1-11-8-9-13(10-18)16(19-11)20(3)12(2)14-6-4-5-7-15(14)17/h4-9,12H,1-3H3. The van der Waals surface area contributed by atoms with Gasteiger partial charge >= 0.3 is 0 Å². The predicted molar refractivity (Wildman–Crippen MR) is 76.9 cm³/mol. The van der Waals surface area contributed by atoms with E-state index in [0.29, 0.717) is 16.9 Å². The molecule has 0 radical (unpaired) electrons. The van der Waals surface area contributed by atoms with E-state index in [1.54, 1.807) is 30.3 Å². The molecule has 0 aliphatic carbocycles. The molecule has 3 nitrogen and oxygen atoms in total. The van der Waals surface area contributed by atoms with Crippen LogP contribution in [-0.2, 0) is 0 Å². The number of aromatic nitrogens is 1. The molecule has 1 unspecified atom stereocenters. The Morgan fingerprint density at radius 2 is 1.95 bits per heavy atom. The van der Waals surface area contributed by atoms with Crippen LogP contribution in [0.2, 0.25) is 0 Å². The van der Waals surface area contributed by atoms with Crippen LogP contribution < -0.4 is 4.90 Å². The van der Waals surface area contributed by atoms with Gasteiger partial charge in [0, 0.05) is 18.3 Å². The van der Waals surface area contributed by atoms with Crippen molar-refractivity contribution in [2.24, 2.45) is 0 Å². The lowest BCUT2D eigenvalue weighted by Crippen LogP contribution is -2.24. The van der Waals surface area contributed by atoms with E-state index < -0.39 is 0 Å². The van der Waals surface area contributed by atoms with Crippen LogP contribution in [0.5, 0.6) is 0 Å². The molecule has 1 aromatic heterocycles. The maximum absolute atomic E-state index is 13.9. The van der Waals surface area contributed by atoms with Gasteiger partial charge in [0.05, 0.1) is 11.6 Å². The van der Waals surface area contributed by atoms with Crippen LogP contribution in [0, 0.1) is 24.1 Å². The molecule has 1 atom stereocenters. The predicted octanol–water partition coefficient (Wildman–Crippen LogP) is 3.60. The molecule has 0 spiro atoms. The van der Waals surface area contributed by atoms with Crippen LogP contribution in [0.1, 0.15) is 29.8 Å². The Hall–Kier alpha value is -2.41. The Balaban J connectivity index is 2.42. The molecule has 0 fully saturated rings. The molecule has 0 amide bonds. The summed E-state index contributed by atoms with van der Waals surface area (Å²) in [5.74, 6) is 0.321. The maximum atomic E-state index is 13.9. The van der Waals surface area contributed by atoms with Crippen LogP contribution in [0.4, 0.5) is 10.2 Å². The van der Waals surface area contributed by atoms with Crippen molar-refractivity contribution in [2.45, 2.75) is 19.9 Å². The lowest BCUT2D eigenvalue weighted by atomic mass is 10.1. The van der Waals surface area contributed by atoms with Crippen molar-refractivity contribution in [1.82, 2.24) is 4.98 Å². The average molecular weight is 269 g/mol. The van der Waals surface area contributed by atoms with Gasteiger partial charge in [0.1, 0.15) is 17.7 Å². The average Bonchev–Trinajstić information content (AvgIpc) is 2.46. The zero-order valence-electron chi connectivity index (χ0n) is 11.8. The van der Waals surface area contributed by atoms with Crippen LogP contribution in [-0.4, -0.2) is 12.0 Å². The number of nitriles is 1. The summed E-state index contributed by atoms with van der Waals surface area (Å²) in [5.41, 5.74) is 1.90. The molecule has 2 aromatic rings. The number of aryl methyl sites for hydroxylation is 1. The van der Waals surface area contributed by atoms with Gasteiger partial charge in [0.15, 0.2) is 0 Å². The number of halogens is 1. The summed E-state index contributed by atoms with van der Waals surface area (Å²) in [6.45, 7) is 3.76. The first-order valence-corrected chi connectivity index (χ1v) is 6.39. The number of benzene rings is 1. The zero-order valence-corrected chi connectivity index (χ0v) is 11.8. The fraction of sp³-hybridized carbons (Fsp3) is 0.250. The molecular weight excluding hydrogens is 253 g/mol. The van der Waals surface area contributed by atoms with Crippen molar-refractivity contribution in [2.75, 3.05) is 11.9 Å². The molecule has 102 valence electrons. The van der Waals surface area contributed by atoms with E-state index in [4.69, 9.17) is 0 Å². The van der Waals surface area contributed by atoms with Gasteiger partial charge < -0.3 is 4.90 Å². The largest absolute Gasteiger partial charge is 0.352 e. The lowest BCUT2D eigenvalue weighted by Gasteiger charge is -2.27. The molecule has 2 rings (SSSR count). The molecule has 4 heteroatoms. The Morgan fingerprint density at radius 1 is 1.25 bits per heavy atom. The molecule has 0 aliphatic rings. The summed E-state index contributed by atoms with van der Waals surface area (Å²) in [4.78, 5) is 6.22.